The van der Waals surface area contributed by atoms with E-state index >= 15 is 0 Å². The molecule has 7 nitrogen and oxygen atoms in total. The lowest BCUT2D eigenvalue weighted by molar-refractivity contribution is -0.158. The van der Waals surface area contributed by atoms with E-state index in [2.05, 4.69) is 52.2 Å². The number of carbonyl (C=O) groups excluding carboxylic acids is 2. The highest BCUT2D eigenvalue weighted by atomic mass is 16.4. The third-order valence-corrected chi connectivity index (χ3v) is 7.23. The van der Waals surface area contributed by atoms with Crippen molar-refractivity contribution in [3.8, 4) is 0 Å². The lowest BCUT2D eigenvalue weighted by Gasteiger charge is -2.47. The molecule has 1 heterocycles. The van der Waals surface area contributed by atoms with Gasteiger partial charge in [0.15, 0.2) is 0 Å². The average molecular weight is 472 g/mol. The molecule has 0 aromatic heterocycles. The normalized spacial score (nSPS) is 28.1. The molecule has 0 radical (unpaired) electrons. The summed E-state index contributed by atoms with van der Waals surface area (Å²) in [7, 11) is 0. The number of aliphatic carboxylic acids is 1. The highest BCUT2D eigenvalue weighted by Gasteiger charge is 2.52. The Kier molecular flexibility index (Phi) is 7.19. The summed E-state index contributed by atoms with van der Waals surface area (Å²) in [6.07, 6.45) is 2.38. The Hall–Kier alpha value is -2.41. The molecule has 0 bridgehead atoms. The topological polar surface area (TPSA) is 98.7 Å². The lowest BCUT2D eigenvalue weighted by atomic mass is 9.68. The van der Waals surface area contributed by atoms with E-state index in [0.29, 0.717) is 31.4 Å². The van der Waals surface area contributed by atoms with Gasteiger partial charge >= 0.3 is 5.97 Å². The number of amides is 2. The molecule has 3 N–H and O–H groups in total. The lowest BCUT2D eigenvalue weighted by Crippen LogP contribution is -2.59. The number of benzene rings is 1. The van der Waals surface area contributed by atoms with Gasteiger partial charge in [0.05, 0.1) is 5.41 Å². The molecule has 1 saturated heterocycles. The van der Waals surface area contributed by atoms with E-state index in [-0.39, 0.29) is 34.9 Å². The first-order chi connectivity index (χ1) is 15.6. The zero-order valence-electron chi connectivity index (χ0n) is 21.7. The minimum Gasteiger partial charge on any atom is -0.481 e. The maximum atomic E-state index is 13.3. The first-order valence-electron chi connectivity index (χ1n) is 12.3. The molecule has 0 spiro atoms. The maximum absolute atomic E-state index is 13.3. The molecule has 2 fully saturated rings. The highest BCUT2D eigenvalue weighted by molar-refractivity contribution is 5.98. The number of carbonyl (C=O) groups is 3. The van der Waals surface area contributed by atoms with Gasteiger partial charge in [0, 0.05) is 29.7 Å². The Morgan fingerprint density at radius 3 is 2.35 bits per heavy atom. The zero-order chi connectivity index (χ0) is 25.5. The third kappa shape index (κ3) is 5.62. The summed E-state index contributed by atoms with van der Waals surface area (Å²) < 4.78 is 0. The van der Waals surface area contributed by atoms with Crippen LogP contribution in [0.15, 0.2) is 24.3 Å². The highest BCUT2D eigenvalue weighted by Crippen LogP contribution is 2.41. The van der Waals surface area contributed by atoms with Crippen LogP contribution < -0.4 is 10.6 Å². The van der Waals surface area contributed by atoms with Gasteiger partial charge in [-0.1, -0.05) is 32.9 Å². The Labute approximate surface area is 203 Å². The van der Waals surface area contributed by atoms with Crippen LogP contribution in [0.5, 0.6) is 0 Å². The fraction of sp³-hybridized carbons (Fsp3) is 0.667. The summed E-state index contributed by atoms with van der Waals surface area (Å²) in [5.41, 5.74) is 0.342. The second-order valence-corrected chi connectivity index (χ2v) is 12.3. The second-order valence-electron chi connectivity index (χ2n) is 12.3. The predicted molar refractivity (Wildman–Crippen MR) is 133 cm³/mol. The van der Waals surface area contributed by atoms with Gasteiger partial charge < -0.3 is 20.6 Å². The molecule has 34 heavy (non-hydrogen) atoms. The Morgan fingerprint density at radius 1 is 1.09 bits per heavy atom. The van der Waals surface area contributed by atoms with Crippen molar-refractivity contribution in [2.45, 2.75) is 103 Å². The monoisotopic (exact) mass is 471 g/mol. The van der Waals surface area contributed by atoms with Crippen LogP contribution in [0.2, 0.25) is 0 Å². The van der Waals surface area contributed by atoms with Crippen molar-refractivity contribution in [3.63, 3.8) is 0 Å². The number of hydrogen-bond donors (Lipinski definition) is 3. The molecule has 3 rings (SSSR count). The number of likely N-dealkylation sites (tertiary alicyclic amines) is 1. The molecule has 2 amide bonds. The number of hydrogen-bond acceptors (Lipinski definition) is 4. The van der Waals surface area contributed by atoms with Crippen molar-refractivity contribution in [2.75, 3.05) is 6.54 Å². The number of carboxylic acid groups (broad SMARTS) is 1. The van der Waals surface area contributed by atoms with Crippen LogP contribution in [-0.4, -0.2) is 58.0 Å². The molecule has 1 aromatic carbocycles. The van der Waals surface area contributed by atoms with E-state index in [1.54, 1.807) is 17.9 Å². The Morgan fingerprint density at radius 2 is 1.76 bits per heavy atom. The van der Waals surface area contributed by atoms with Crippen molar-refractivity contribution >= 4 is 17.8 Å². The minimum atomic E-state index is -1.04. The number of nitrogens with zero attached hydrogens (tertiary/aromatic N) is 1. The average Bonchev–Trinajstić information content (AvgIpc) is 3.06. The van der Waals surface area contributed by atoms with Crippen molar-refractivity contribution in [1.82, 2.24) is 15.5 Å². The summed E-state index contributed by atoms with van der Waals surface area (Å²) in [5.74, 6) is -1.33. The summed E-state index contributed by atoms with van der Waals surface area (Å²) >= 11 is 0. The van der Waals surface area contributed by atoms with Crippen LogP contribution in [0.3, 0.4) is 0 Å². The molecular weight excluding hydrogens is 430 g/mol. The summed E-state index contributed by atoms with van der Waals surface area (Å²) in [6, 6.07) is 6.55. The first kappa shape index (κ1) is 26.2. The zero-order valence-corrected chi connectivity index (χ0v) is 21.7. The minimum absolute atomic E-state index is 0.0839. The molecule has 188 valence electrons. The smallest absolute Gasteiger partial charge is 0.311 e. The van der Waals surface area contributed by atoms with Crippen LogP contribution in [0.25, 0.3) is 0 Å². The van der Waals surface area contributed by atoms with Crippen molar-refractivity contribution in [2.24, 2.45) is 5.41 Å². The number of nitrogens with one attached hydrogen (secondary N) is 2. The summed E-state index contributed by atoms with van der Waals surface area (Å²) in [4.78, 5) is 40.3. The molecule has 0 unspecified atom stereocenters. The fourth-order valence-electron chi connectivity index (χ4n) is 5.41. The van der Waals surface area contributed by atoms with Crippen molar-refractivity contribution < 1.29 is 19.5 Å². The van der Waals surface area contributed by atoms with Crippen molar-refractivity contribution in [3.05, 3.63) is 35.4 Å². The van der Waals surface area contributed by atoms with Crippen LogP contribution in [0.1, 0.15) is 90.1 Å². The molecular formula is C27H41N3O4. The van der Waals surface area contributed by atoms with Crippen LogP contribution >= 0.6 is 0 Å². The molecule has 1 aliphatic carbocycles. The second kappa shape index (κ2) is 9.33. The van der Waals surface area contributed by atoms with Gasteiger partial charge in [0.25, 0.3) is 5.91 Å². The molecule has 7 heteroatoms. The predicted octanol–water partition coefficient (Wildman–Crippen LogP) is 3.71. The van der Waals surface area contributed by atoms with E-state index in [4.69, 9.17) is 0 Å². The van der Waals surface area contributed by atoms with Gasteiger partial charge in [0.1, 0.15) is 6.04 Å². The standard InChI is InChI=1S/C27H41N3O4/c1-25(2,3)18-10-8-9-17(15-18)22(31)28-20-13-14-30(23(20)32)21-12-11-19(29-26(4,5)6)16-27(21,7)24(33)34/h8-10,15,19-21,29H,11-14,16H2,1-7H3,(H,28,31)(H,33,34)/t19-,20+,21+,27-/m1/s1. The van der Waals surface area contributed by atoms with Crippen LogP contribution in [0.4, 0.5) is 0 Å². The molecule has 1 saturated carbocycles. The largest absolute Gasteiger partial charge is 0.481 e. The molecule has 1 aliphatic heterocycles. The SMILES string of the molecule is CC(C)(C)N[C@@H]1CC[C@H](N2CC[C@H](NC(=O)c3cccc(C(C)(C)C)c3)C2=O)[C@](C)(C(=O)O)C1. The molecule has 2 aliphatic rings. The van der Waals surface area contributed by atoms with Gasteiger partial charge in [0.2, 0.25) is 5.91 Å². The molecule has 4 atom stereocenters. The van der Waals surface area contributed by atoms with Gasteiger partial charge in [-0.2, -0.15) is 0 Å². The Bertz CT molecular complexity index is 946. The number of rotatable bonds is 5. The quantitative estimate of drug-likeness (QED) is 0.608. The van der Waals surface area contributed by atoms with E-state index < -0.39 is 17.4 Å². The van der Waals surface area contributed by atoms with Crippen molar-refractivity contribution in [1.29, 1.82) is 0 Å². The van der Waals surface area contributed by atoms with E-state index in [1.165, 1.54) is 0 Å². The number of carboxylic acids is 1. The molecule has 1 aromatic rings. The van der Waals surface area contributed by atoms with Gasteiger partial charge in [-0.25, -0.2) is 0 Å². The summed E-state index contributed by atoms with van der Waals surface area (Å²) in [6.45, 7) is 14.7. The third-order valence-electron chi connectivity index (χ3n) is 7.23. The van der Waals surface area contributed by atoms with Crippen LogP contribution in [0, 0.1) is 5.41 Å². The fourth-order valence-corrected chi connectivity index (χ4v) is 5.41. The van der Waals surface area contributed by atoms with Crippen LogP contribution in [-0.2, 0) is 15.0 Å². The summed E-state index contributed by atoms with van der Waals surface area (Å²) in [5, 5.41) is 16.6. The Balaban J connectivity index is 1.72. The van der Waals surface area contributed by atoms with E-state index in [1.807, 2.05) is 18.2 Å². The maximum Gasteiger partial charge on any atom is 0.311 e. The van der Waals surface area contributed by atoms with E-state index in [0.717, 1.165) is 12.0 Å². The van der Waals surface area contributed by atoms with Gasteiger partial charge in [-0.05, 0) is 76.5 Å². The van der Waals surface area contributed by atoms with E-state index in [9.17, 15) is 19.5 Å². The van der Waals surface area contributed by atoms with Gasteiger partial charge in [-0.15, -0.1) is 0 Å². The van der Waals surface area contributed by atoms with Gasteiger partial charge in [-0.3, -0.25) is 14.4 Å². The first-order valence-corrected chi connectivity index (χ1v) is 12.3.